The lowest BCUT2D eigenvalue weighted by Gasteiger charge is -2.12. The Morgan fingerprint density at radius 3 is 2.04 bits per heavy atom. The van der Waals surface area contributed by atoms with Gasteiger partial charge in [-0.2, -0.15) is 0 Å². The zero-order valence-corrected chi connectivity index (χ0v) is 28.7. The van der Waals surface area contributed by atoms with Crippen LogP contribution in [0, 0.1) is 0 Å². The van der Waals surface area contributed by atoms with Crippen LogP contribution in [-0.2, 0) is 6.42 Å². The molecule has 1 aliphatic carbocycles. The molecule has 0 atom stereocenters. The van der Waals surface area contributed by atoms with Gasteiger partial charge in [0.25, 0.3) is 0 Å². The second-order valence-electron chi connectivity index (χ2n) is 13.2. The molecule has 0 unspecified atom stereocenters. The van der Waals surface area contributed by atoms with Gasteiger partial charge in [-0.15, -0.1) is 0 Å². The van der Waals surface area contributed by atoms with E-state index < -0.39 is 0 Å². The fourth-order valence-electron chi connectivity index (χ4n) is 7.31. The Kier molecular flexibility index (Phi) is 7.29. The summed E-state index contributed by atoms with van der Waals surface area (Å²) in [4.78, 5) is 15.4. The van der Waals surface area contributed by atoms with E-state index in [-0.39, 0.29) is 0 Å². The highest BCUT2D eigenvalue weighted by Gasteiger charge is 2.22. The highest BCUT2D eigenvalue weighted by molar-refractivity contribution is 6.18. The Balaban J connectivity index is 1.20. The molecule has 53 heavy (non-hydrogen) atoms. The molecule has 6 aromatic carbocycles. The van der Waals surface area contributed by atoms with E-state index in [2.05, 4.69) is 85.5 Å². The zero-order chi connectivity index (χ0) is 35.3. The molecule has 250 valence electrons. The maximum Gasteiger partial charge on any atom is 0.164 e. The maximum atomic E-state index is 6.73. The van der Waals surface area contributed by atoms with Crippen LogP contribution >= 0.6 is 0 Å². The molecule has 3 heterocycles. The van der Waals surface area contributed by atoms with E-state index in [0.29, 0.717) is 17.5 Å². The summed E-state index contributed by atoms with van der Waals surface area (Å²) < 4.78 is 13.2. The summed E-state index contributed by atoms with van der Waals surface area (Å²) in [5.41, 5.74) is 11.0. The van der Waals surface area contributed by atoms with E-state index in [1.165, 1.54) is 5.56 Å². The van der Waals surface area contributed by atoms with Crippen molar-refractivity contribution in [2.75, 3.05) is 0 Å². The van der Waals surface area contributed by atoms with Gasteiger partial charge >= 0.3 is 0 Å². The predicted molar refractivity (Wildman–Crippen MR) is 216 cm³/mol. The molecule has 1 aliphatic rings. The normalized spacial score (nSPS) is 14.2. The third-order valence-corrected chi connectivity index (χ3v) is 9.91. The van der Waals surface area contributed by atoms with Gasteiger partial charge < -0.3 is 8.83 Å². The molecule has 5 heteroatoms. The molecule has 0 fully saturated rings. The molecule has 10 rings (SSSR count). The lowest BCUT2D eigenvalue weighted by atomic mass is 9.96. The second-order valence-corrected chi connectivity index (χ2v) is 13.2. The Morgan fingerprint density at radius 2 is 1.17 bits per heavy atom. The lowest BCUT2D eigenvalue weighted by molar-refractivity contribution is 0.665. The standard InChI is InChI=1S/C48H31N3O2/c1-30-13-4-2-5-14-31-25-26-34(29-33(31)24-23-30)47-49-46(32-15-6-3-7-16-32)50-48(51-47)40-28-27-38(45-43(40)39-18-9-11-22-42(39)53-45)37-20-12-19-36-35-17-8-10-21-41(35)52-44(36)37/h2-13,15-29H,1,14H2/b5-2-,13-4-,24-23?. The number of nitrogens with zero attached hydrogens (tertiary/aromatic N) is 3. The molecule has 0 saturated heterocycles. The minimum Gasteiger partial charge on any atom is -0.455 e. The van der Waals surface area contributed by atoms with Crippen molar-refractivity contribution in [1.82, 2.24) is 15.0 Å². The first-order valence-electron chi connectivity index (χ1n) is 17.7. The average Bonchev–Trinajstić information content (AvgIpc) is 3.79. The molecule has 0 bridgehead atoms. The average molecular weight is 682 g/mol. The minimum atomic E-state index is 0.566. The number of para-hydroxylation sites is 3. The Morgan fingerprint density at radius 1 is 0.491 bits per heavy atom. The van der Waals surface area contributed by atoms with Gasteiger partial charge in [0.15, 0.2) is 17.5 Å². The third-order valence-electron chi connectivity index (χ3n) is 9.91. The number of fused-ring (bicyclic) bond motifs is 7. The summed E-state index contributed by atoms with van der Waals surface area (Å²) in [5.74, 6) is 1.75. The van der Waals surface area contributed by atoms with E-state index in [4.69, 9.17) is 23.8 Å². The van der Waals surface area contributed by atoms with Crippen LogP contribution in [0.15, 0.2) is 179 Å². The van der Waals surface area contributed by atoms with E-state index in [0.717, 1.165) is 89.3 Å². The number of benzene rings is 6. The van der Waals surface area contributed by atoms with Gasteiger partial charge in [-0.25, -0.2) is 15.0 Å². The highest BCUT2D eigenvalue weighted by atomic mass is 16.3. The van der Waals surface area contributed by atoms with Crippen molar-refractivity contribution in [3.63, 3.8) is 0 Å². The first-order valence-corrected chi connectivity index (χ1v) is 17.7. The van der Waals surface area contributed by atoms with E-state index >= 15 is 0 Å². The summed E-state index contributed by atoms with van der Waals surface area (Å²) in [5, 5.41) is 4.07. The van der Waals surface area contributed by atoms with E-state index in [1.54, 1.807) is 0 Å². The monoisotopic (exact) mass is 681 g/mol. The molecular formula is C48H31N3O2. The van der Waals surface area contributed by atoms with Crippen LogP contribution in [0.2, 0.25) is 0 Å². The summed E-state index contributed by atoms with van der Waals surface area (Å²) in [7, 11) is 0. The number of hydrogen-bond acceptors (Lipinski definition) is 5. The van der Waals surface area contributed by atoms with Crippen LogP contribution in [0.3, 0.4) is 0 Å². The Hall–Kier alpha value is -7.11. The van der Waals surface area contributed by atoms with Crippen LogP contribution in [0.1, 0.15) is 11.1 Å². The van der Waals surface area contributed by atoms with Crippen LogP contribution in [-0.4, -0.2) is 15.0 Å². The van der Waals surface area contributed by atoms with Gasteiger partial charge in [-0.3, -0.25) is 0 Å². The van der Waals surface area contributed by atoms with Crippen molar-refractivity contribution in [1.29, 1.82) is 0 Å². The van der Waals surface area contributed by atoms with Crippen molar-refractivity contribution < 1.29 is 8.83 Å². The second kappa shape index (κ2) is 12.6. The first-order chi connectivity index (χ1) is 26.2. The van der Waals surface area contributed by atoms with Crippen LogP contribution in [0.25, 0.3) is 95.2 Å². The molecule has 5 nitrogen and oxygen atoms in total. The van der Waals surface area contributed by atoms with Gasteiger partial charge in [0.05, 0.1) is 0 Å². The maximum absolute atomic E-state index is 6.73. The quantitative estimate of drug-likeness (QED) is 0.185. The Bertz CT molecular complexity index is 3000. The summed E-state index contributed by atoms with van der Waals surface area (Å²) >= 11 is 0. The fourth-order valence-corrected chi connectivity index (χ4v) is 7.31. The topological polar surface area (TPSA) is 65.0 Å². The van der Waals surface area contributed by atoms with E-state index in [1.807, 2.05) is 85.0 Å². The summed E-state index contributed by atoms with van der Waals surface area (Å²) in [6, 6.07) is 43.3. The fraction of sp³-hybridized carbons (Fsp3) is 0.0208. The minimum absolute atomic E-state index is 0.566. The van der Waals surface area contributed by atoms with Crippen molar-refractivity contribution >= 4 is 50.0 Å². The summed E-state index contributed by atoms with van der Waals surface area (Å²) in [6.45, 7) is 4.17. The van der Waals surface area contributed by atoms with Crippen molar-refractivity contribution in [2.24, 2.45) is 0 Å². The highest BCUT2D eigenvalue weighted by Crippen LogP contribution is 2.44. The van der Waals surface area contributed by atoms with Crippen LogP contribution in [0.5, 0.6) is 0 Å². The zero-order valence-electron chi connectivity index (χ0n) is 28.7. The van der Waals surface area contributed by atoms with Crippen LogP contribution in [0.4, 0.5) is 0 Å². The SMILES string of the molecule is C=C1C=Cc2cc(-c3nc(-c4ccccc4)nc(-c4ccc(-c5cccc6c5oc5ccccc56)c5oc6ccccc6c45)n3)ccc2C/C=C\C=C/1. The molecule has 0 spiro atoms. The van der Waals surface area contributed by atoms with Gasteiger partial charge in [0, 0.05) is 49.4 Å². The van der Waals surface area contributed by atoms with Crippen molar-refractivity contribution in [3.05, 3.63) is 181 Å². The molecule has 0 saturated carbocycles. The van der Waals surface area contributed by atoms with Gasteiger partial charge in [0.2, 0.25) is 0 Å². The lowest BCUT2D eigenvalue weighted by Crippen LogP contribution is -2.01. The van der Waals surface area contributed by atoms with E-state index in [9.17, 15) is 0 Å². The number of rotatable bonds is 4. The summed E-state index contributed by atoms with van der Waals surface area (Å²) in [6.07, 6.45) is 13.2. The smallest absolute Gasteiger partial charge is 0.164 e. The van der Waals surface area contributed by atoms with Crippen molar-refractivity contribution in [2.45, 2.75) is 6.42 Å². The van der Waals surface area contributed by atoms with Crippen LogP contribution < -0.4 is 0 Å². The molecule has 3 aromatic heterocycles. The number of aromatic nitrogens is 3. The Labute approximate surface area is 305 Å². The molecular weight excluding hydrogens is 651 g/mol. The number of hydrogen-bond donors (Lipinski definition) is 0. The molecule has 0 amide bonds. The molecule has 9 aromatic rings. The predicted octanol–water partition coefficient (Wildman–Crippen LogP) is 12.6. The first kappa shape index (κ1) is 30.7. The van der Waals surface area contributed by atoms with Gasteiger partial charge in [-0.05, 0) is 53.5 Å². The van der Waals surface area contributed by atoms with Gasteiger partial charge in [0.1, 0.15) is 22.3 Å². The number of furan rings is 2. The molecule has 0 aliphatic heterocycles. The van der Waals surface area contributed by atoms with Crippen molar-refractivity contribution in [3.8, 4) is 45.3 Å². The molecule has 0 N–H and O–H groups in total. The largest absolute Gasteiger partial charge is 0.455 e. The molecule has 0 radical (unpaired) electrons. The third kappa shape index (κ3) is 5.38. The number of allylic oxidation sites excluding steroid dienone is 6. The van der Waals surface area contributed by atoms with Gasteiger partial charge in [-0.1, -0.05) is 140 Å².